The van der Waals surface area contributed by atoms with E-state index in [4.69, 9.17) is 16.7 Å². The van der Waals surface area contributed by atoms with Crippen molar-refractivity contribution in [1.82, 2.24) is 4.90 Å². The number of carbonyl (C=O) groups excluding carboxylic acids is 1. The molecule has 114 valence electrons. The predicted molar refractivity (Wildman–Crippen MR) is 81.7 cm³/mol. The van der Waals surface area contributed by atoms with Gasteiger partial charge in [0, 0.05) is 22.5 Å². The highest BCUT2D eigenvalue weighted by Crippen LogP contribution is 2.30. The Morgan fingerprint density at radius 1 is 1.48 bits per heavy atom. The number of likely N-dealkylation sites (tertiary alicyclic amines) is 1. The molecule has 0 aliphatic carbocycles. The van der Waals surface area contributed by atoms with Gasteiger partial charge in [-0.25, -0.2) is 9.59 Å². The van der Waals surface area contributed by atoms with Crippen molar-refractivity contribution in [1.29, 1.82) is 0 Å². The van der Waals surface area contributed by atoms with E-state index in [0.29, 0.717) is 15.2 Å². The second-order valence-corrected chi connectivity index (χ2v) is 6.17. The van der Waals surface area contributed by atoms with Crippen LogP contribution in [0.25, 0.3) is 0 Å². The first-order valence-electron chi connectivity index (χ1n) is 6.23. The molecule has 2 amide bonds. The summed E-state index contributed by atoms with van der Waals surface area (Å²) in [5.74, 6) is -1.14. The van der Waals surface area contributed by atoms with Crippen LogP contribution in [-0.4, -0.2) is 45.8 Å². The molecule has 1 aliphatic heterocycles. The fourth-order valence-corrected chi connectivity index (χ4v) is 2.92. The SMILES string of the molecule is Cc1cc(Br)c(NC(=O)N2C[C@@H](O)C[C@H]2C(=O)O)cc1Cl. The summed E-state index contributed by atoms with van der Waals surface area (Å²) in [6, 6.07) is 1.73. The van der Waals surface area contributed by atoms with Gasteiger partial charge in [-0.1, -0.05) is 11.6 Å². The maximum absolute atomic E-state index is 12.2. The summed E-state index contributed by atoms with van der Waals surface area (Å²) in [6.45, 7) is 1.82. The molecule has 8 heteroatoms. The molecule has 6 nitrogen and oxygen atoms in total. The molecule has 21 heavy (non-hydrogen) atoms. The molecule has 1 aromatic rings. The van der Waals surface area contributed by atoms with E-state index in [1.807, 2.05) is 6.92 Å². The van der Waals surface area contributed by atoms with E-state index in [-0.39, 0.29) is 13.0 Å². The van der Waals surface area contributed by atoms with Crippen LogP contribution in [0.5, 0.6) is 0 Å². The lowest BCUT2D eigenvalue weighted by atomic mass is 10.2. The molecule has 2 atom stereocenters. The molecular formula is C13H14BrClN2O4. The normalized spacial score (nSPS) is 21.4. The largest absolute Gasteiger partial charge is 0.480 e. The van der Waals surface area contributed by atoms with Crippen LogP contribution in [0.1, 0.15) is 12.0 Å². The molecule has 0 spiro atoms. The number of carboxylic acid groups (broad SMARTS) is 1. The highest BCUT2D eigenvalue weighted by molar-refractivity contribution is 9.10. The summed E-state index contributed by atoms with van der Waals surface area (Å²) in [4.78, 5) is 24.4. The number of aliphatic hydroxyl groups is 1. The average molecular weight is 378 g/mol. The average Bonchev–Trinajstić information content (AvgIpc) is 2.78. The van der Waals surface area contributed by atoms with Crippen molar-refractivity contribution in [3.8, 4) is 0 Å². The van der Waals surface area contributed by atoms with Gasteiger partial charge < -0.3 is 20.4 Å². The second kappa shape index (κ2) is 6.21. The van der Waals surface area contributed by atoms with Crippen LogP contribution in [0.4, 0.5) is 10.5 Å². The van der Waals surface area contributed by atoms with Crippen LogP contribution < -0.4 is 5.32 Å². The third-order valence-electron chi connectivity index (χ3n) is 3.31. The number of aliphatic carboxylic acids is 1. The van der Waals surface area contributed by atoms with Crippen molar-refractivity contribution >= 4 is 45.2 Å². The molecule has 0 bridgehead atoms. The number of hydrogen-bond donors (Lipinski definition) is 3. The molecule has 1 saturated heterocycles. The third-order valence-corrected chi connectivity index (χ3v) is 4.38. The molecule has 1 aromatic carbocycles. The number of anilines is 1. The van der Waals surface area contributed by atoms with Crippen molar-refractivity contribution in [3.05, 3.63) is 27.2 Å². The first kappa shape index (κ1) is 16.1. The number of rotatable bonds is 2. The number of aryl methyl sites for hydroxylation is 1. The monoisotopic (exact) mass is 376 g/mol. The molecule has 1 heterocycles. The van der Waals surface area contributed by atoms with E-state index in [2.05, 4.69) is 21.2 Å². The number of β-amino-alcohol motifs (C(OH)–C–C–N with tert-alkyl or cyclic N) is 1. The molecule has 0 aromatic heterocycles. The van der Waals surface area contributed by atoms with Gasteiger partial charge in [-0.05, 0) is 40.5 Å². The number of urea groups is 1. The van der Waals surface area contributed by atoms with Crippen LogP contribution in [0.15, 0.2) is 16.6 Å². The standard InChI is InChI=1S/C13H14BrClN2O4/c1-6-2-8(14)10(4-9(6)15)16-13(21)17-5-7(18)3-11(17)12(19)20/h2,4,7,11,18H,3,5H2,1H3,(H,16,21)(H,19,20)/t7-,11-/m0/s1. The van der Waals surface area contributed by atoms with Crippen molar-refractivity contribution in [3.63, 3.8) is 0 Å². The Balaban J connectivity index is 2.18. The minimum absolute atomic E-state index is 0.0139. The van der Waals surface area contributed by atoms with Crippen molar-refractivity contribution in [2.75, 3.05) is 11.9 Å². The Kier molecular flexibility index (Phi) is 4.75. The molecule has 0 radical (unpaired) electrons. The Morgan fingerprint density at radius 3 is 2.76 bits per heavy atom. The van der Waals surface area contributed by atoms with Crippen molar-refractivity contribution in [2.24, 2.45) is 0 Å². The quantitative estimate of drug-likeness (QED) is 0.738. The van der Waals surface area contributed by atoms with Gasteiger partial charge in [0.15, 0.2) is 0 Å². The molecule has 1 fully saturated rings. The fraction of sp³-hybridized carbons (Fsp3) is 0.385. The van der Waals surface area contributed by atoms with Crippen molar-refractivity contribution in [2.45, 2.75) is 25.5 Å². The van der Waals surface area contributed by atoms with Crippen molar-refractivity contribution < 1.29 is 19.8 Å². The number of hydrogen-bond acceptors (Lipinski definition) is 3. The molecule has 1 aliphatic rings. The summed E-state index contributed by atoms with van der Waals surface area (Å²) in [6.07, 6.45) is -0.805. The lowest BCUT2D eigenvalue weighted by Crippen LogP contribution is -2.43. The molecule has 0 unspecified atom stereocenters. The second-order valence-electron chi connectivity index (χ2n) is 4.91. The Morgan fingerprint density at radius 2 is 2.14 bits per heavy atom. The van der Waals surface area contributed by atoms with Gasteiger partial charge >= 0.3 is 12.0 Å². The predicted octanol–water partition coefficient (Wildman–Crippen LogP) is 2.46. The van der Waals surface area contributed by atoms with Crippen LogP contribution in [0, 0.1) is 6.92 Å². The van der Waals surface area contributed by atoms with E-state index in [9.17, 15) is 14.7 Å². The Hall–Kier alpha value is -1.31. The van der Waals surface area contributed by atoms with Gasteiger partial charge in [0.25, 0.3) is 0 Å². The van der Waals surface area contributed by atoms with Gasteiger partial charge in [-0.2, -0.15) is 0 Å². The molecular weight excluding hydrogens is 364 g/mol. The van der Waals surface area contributed by atoms with E-state index in [0.717, 1.165) is 10.5 Å². The topological polar surface area (TPSA) is 89.9 Å². The van der Waals surface area contributed by atoms with Gasteiger partial charge in [0.1, 0.15) is 6.04 Å². The summed E-state index contributed by atoms with van der Waals surface area (Å²) in [5.41, 5.74) is 1.29. The smallest absolute Gasteiger partial charge is 0.326 e. The zero-order valence-corrected chi connectivity index (χ0v) is 13.5. The number of carbonyl (C=O) groups is 2. The number of nitrogens with zero attached hydrogens (tertiary/aromatic N) is 1. The number of aliphatic hydroxyl groups excluding tert-OH is 1. The lowest BCUT2D eigenvalue weighted by molar-refractivity contribution is -0.141. The summed E-state index contributed by atoms with van der Waals surface area (Å²) >= 11 is 9.33. The van der Waals surface area contributed by atoms with Gasteiger partial charge in [-0.15, -0.1) is 0 Å². The minimum Gasteiger partial charge on any atom is -0.480 e. The molecule has 0 saturated carbocycles. The summed E-state index contributed by atoms with van der Waals surface area (Å²) < 4.78 is 0.643. The van der Waals surface area contributed by atoms with E-state index in [1.165, 1.54) is 0 Å². The number of nitrogens with one attached hydrogen (secondary N) is 1. The number of amides is 2. The Bertz CT molecular complexity index is 596. The van der Waals surface area contributed by atoms with E-state index in [1.54, 1.807) is 12.1 Å². The zero-order chi connectivity index (χ0) is 15.7. The maximum Gasteiger partial charge on any atom is 0.326 e. The van der Waals surface area contributed by atoms with Crippen LogP contribution in [0.3, 0.4) is 0 Å². The van der Waals surface area contributed by atoms with Gasteiger partial charge in [-0.3, -0.25) is 0 Å². The van der Waals surface area contributed by atoms with Gasteiger partial charge in [0.2, 0.25) is 0 Å². The number of benzene rings is 1. The number of carboxylic acids is 1. The van der Waals surface area contributed by atoms with E-state index < -0.39 is 24.1 Å². The molecule has 2 rings (SSSR count). The fourth-order valence-electron chi connectivity index (χ4n) is 2.20. The third kappa shape index (κ3) is 3.48. The lowest BCUT2D eigenvalue weighted by Gasteiger charge is -2.22. The summed E-state index contributed by atoms with van der Waals surface area (Å²) in [5, 5.41) is 21.7. The summed E-state index contributed by atoms with van der Waals surface area (Å²) in [7, 11) is 0. The first-order valence-corrected chi connectivity index (χ1v) is 7.41. The van der Waals surface area contributed by atoms with Gasteiger partial charge in [0.05, 0.1) is 11.8 Å². The highest BCUT2D eigenvalue weighted by Gasteiger charge is 2.39. The number of halogens is 2. The van der Waals surface area contributed by atoms with E-state index >= 15 is 0 Å². The highest BCUT2D eigenvalue weighted by atomic mass is 79.9. The Labute approximate surface area is 134 Å². The zero-order valence-electron chi connectivity index (χ0n) is 11.1. The first-order chi connectivity index (χ1) is 9.79. The maximum atomic E-state index is 12.2. The van der Waals surface area contributed by atoms with Crippen LogP contribution in [0.2, 0.25) is 5.02 Å². The molecule has 3 N–H and O–H groups in total. The van der Waals surface area contributed by atoms with Crippen LogP contribution in [-0.2, 0) is 4.79 Å². The van der Waals surface area contributed by atoms with Crippen LogP contribution >= 0.6 is 27.5 Å². The minimum atomic E-state index is -1.14.